The summed E-state index contributed by atoms with van der Waals surface area (Å²) in [6.07, 6.45) is 1.74. The number of carbonyl (C=O) groups excluding carboxylic acids is 3. The van der Waals surface area contributed by atoms with Crippen molar-refractivity contribution in [3.8, 4) is 0 Å². The van der Waals surface area contributed by atoms with Gasteiger partial charge in [-0.2, -0.15) is 18.2 Å². The average Bonchev–Trinajstić information content (AvgIpc) is 3.40. The van der Waals surface area contributed by atoms with Gasteiger partial charge in [0.25, 0.3) is 11.8 Å². The van der Waals surface area contributed by atoms with E-state index in [1.807, 2.05) is 0 Å². The predicted molar refractivity (Wildman–Crippen MR) is 144 cm³/mol. The van der Waals surface area contributed by atoms with Crippen LogP contribution in [0.5, 0.6) is 0 Å². The fourth-order valence-electron chi connectivity index (χ4n) is 4.62. The average molecular weight is 592 g/mol. The van der Waals surface area contributed by atoms with Gasteiger partial charge < -0.3 is 25.4 Å². The number of amides is 3. The van der Waals surface area contributed by atoms with Crippen molar-refractivity contribution in [3.05, 3.63) is 53.3 Å². The molecule has 0 bridgehead atoms. The van der Waals surface area contributed by atoms with Crippen molar-refractivity contribution in [2.75, 3.05) is 32.7 Å². The molecule has 3 heterocycles. The molecular formula is C25H33N7O8S. The number of hydrogen-bond acceptors (Lipinski definition) is 9. The summed E-state index contributed by atoms with van der Waals surface area (Å²) in [5, 5.41) is 19.2. The number of ether oxygens (including phenoxy) is 1. The molecule has 0 radical (unpaired) electrons. The third kappa shape index (κ3) is 8.48. The number of benzene rings is 1. The zero-order chi connectivity index (χ0) is 29.4. The first-order valence-corrected chi connectivity index (χ1v) is 14.7. The zero-order valence-corrected chi connectivity index (χ0v) is 23.1. The minimum Gasteiger partial charge on any atom is -0.480 e. The molecule has 0 aliphatic carbocycles. The largest absolute Gasteiger partial charge is 0.480 e. The molecule has 1 fully saturated rings. The van der Waals surface area contributed by atoms with Gasteiger partial charge in [0.05, 0.1) is 6.54 Å². The quantitative estimate of drug-likeness (QED) is 0.218. The molecule has 0 saturated carbocycles. The number of aromatic nitrogens is 2. The van der Waals surface area contributed by atoms with Gasteiger partial charge in [0, 0.05) is 25.7 Å². The summed E-state index contributed by atoms with van der Waals surface area (Å²) in [6.45, 7) is 2.58. The zero-order valence-electron chi connectivity index (χ0n) is 22.2. The molecule has 1 aromatic carbocycles. The number of nitrogens with one attached hydrogen (secondary N) is 4. The molecule has 16 heteroatoms. The van der Waals surface area contributed by atoms with Gasteiger partial charge in [-0.15, -0.1) is 0 Å². The second kappa shape index (κ2) is 13.6. The highest BCUT2D eigenvalue weighted by Gasteiger charge is 2.30. The molecule has 41 heavy (non-hydrogen) atoms. The smallest absolute Gasteiger partial charge is 0.422 e. The Bertz CT molecular complexity index is 1360. The summed E-state index contributed by atoms with van der Waals surface area (Å²) in [5.74, 6) is -2.07. The summed E-state index contributed by atoms with van der Waals surface area (Å²) >= 11 is 0. The maximum Gasteiger partial charge on any atom is 0.422 e. The Hall–Kier alpha value is -4.02. The van der Waals surface area contributed by atoms with Crippen LogP contribution in [0.1, 0.15) is 45.8 Å². The van der Waals surface area contributed by atoms with Crippen LogP contribution in [0.4, 0.5) is 4.79 Å². The number of hydrogen-bond donors (Lipinski definition) is 5. The Balaban J connectivity index is 1.27. The van der Waals surface area contributed by atoms with Gasteiger partial charge in [-0.25, -0.2) is 9.52 Å². The molecule has 3 amide bonds. The lowest BCUT2D eigenvalue weighted by Gasteiger charge is -2.30. The first kappa shape index (κ1) is 30.0. The van der Waals surface area contributed by atoms with E-state index in [9.17, 15) is 32.7 Å². The lowest BCUT2D eigenvalue weighted by atomic mass is 9.94. The second-order valence-electron chi connectivity index (χ2n) is 9.80. The molecule has 1 aromatic heterocycles. The fourth-order valence-corrected chi connectivity index (χ4v) is 5.51. The van der Waals surface area contributed by atoms with Crippen LogP contribution in [-0.4, -0.2) is 90.8 Å². The minimum absolute atomic E-state index is 0.108. The number of rotatable bonds is 12. The van der Waals surface area contributed by atoms with E-state index in [0.717, 1.165) is 32.4 Å². The SMILES string of the molecule is O=C(NS(=O)(=O)N[C@@H](CNC(=O)c1cc2n(n1)CCN(CCC1CCNCC1)C2=O)C(=O)O)OCc1ccccc1. The number of piperidine rings is 1. The van der Waals surface area contributed by atoms with Crippen LogP contribution < -0.4 is 20.1 Å². The normalized spacial score (nSPS) is 16.5. The Kier molecular flexibility index (Phi) is 9.91. The van der Waals surface area contributed by atoms with E-state index in [-0.39, 0.29) is 23.9 Å². The Morgan fingerprint density at radius 1 is 1.15 bits per heavy atom. The van der Waals surface area contributed by atoms with Crippen LogP contribution in [0.2, 0.25) is 0 Å². The molecule has 222 valence electrons. The van der Waals surface area contributed by atoms with Crippen LogP contribution in [0.15, 0.2) is 36.4 Å². The van der Waals surface area contributed by atoms with Gasteiger partial charge in [-0.1, -0.05) is 30.3 Å². The third-order valence-corrected chi connectivity index (χ3v) is 7.89. The van der Waals surface area contributed by atoms with Crippen LogP contribution in [0.3, 0.4) is 0 Å². The summed E-state index contributed by atoms with van der Waals surface area (Å²) in [4.78, 5) is 50.9. The molecule has 15 nitrogen and oxygen atoms in total. The topological polar surface area (TPSA) is 201 Å². The molecule has 2 aromatic rings. The molecule has 4 rings (SSSR count). The molecule has 1 atom stereocenters. The van der Waals surface area contributed by atoms with Crippen molar-refractivity contribution >= 4 is 34.1 Å². The number of aliphatic carboxylic acids is 1. The maximum absolute atomic E-state index is 13.0. The highest BCUT2D eigenvalue weighted by atomic mass is 32.2. The molecule has 2 aliphatic rings. The van der Waals surface area contributed by atoms with Crippen LogP contribution in [-0.2, 0) is 32.9 Å². The first-order valence-electron chi connectivity index (χ1n) is 13.2. The van der Waals surface area contributed by atoms with Gasteiger partial charge in [0.1, 0.15) is 18.3 Å². The van der Waals surface area contributed by atoms with E-state index < -0.39 is 40.8 Å². The molecule has 1 saturated heterocycles. The first-order chi connectivity index (χ1) is 19.6. The molecular weight excluding hydrogens is 558 g/mol. The van der Waals surface area contributed by atoms with Gasteiger partial charge in [-0.3, -0.25) is 19.1 Å². The number of nitrogens with zero attached hydrogens (tertiary/aromatic N) is 3. The summed E-state index contributed by atoms with van der Waals surface area (Å²) in [6, 6.07) is 8.03. The standard InChI is InChI=1S/C25H33N7O8S/c33-22(19-14-21-23(34)31(12-13-32(21)28-19)11-8-17-6-9-26-10-7-17)27-15-20(24(35)36)29-41(38,39)30-25(37)40-16-18-4-2-1-3-5-18/h1-5,14,17,20,26,29H,6-13,15-16H2,(H,27,33)(H,30,37)(H,35,36)/t20-/m0/s1. The highest BCUT2D eigenvalue weighted by Crippen LogP contribution is 2.19. The Morgan fingerprint density at radius 3 is 2.59 bits per heavy atom. The summed E-state index contributed by atoms with van der Waals surface area (Å²) in [5.41, 5.74) is 0.760. The second-order valence-corrected chi connectivity index (χ2v) is 11.2. The fraction of sp³-hybridized carbons (Fsp3) is 0.480. The van der Waals surface area contributed by atoms with Crippen molar-refractivity contribution in [2.45, 2.75) is 38.5 Å². The van der Waals surface area contributed by atoms with Gasteiger partial charge >= 0.3 is 22.3 Å². The van der Waals surface area contributed by atoms with Crippen molar-refractivity contribution in [1.82, 2.24) is 34.8 Å². The van der Waals surface area contributed by atoms with Gasteiger partial charge in [-0.05, 0) is 43.8 Å². The van der Waals surface area contributed by atoms with E-state index in [1.54, 1.807) is 44.7 Å². The summed E-state index contributed by atoms with van der Waals surface area (Å²) in [7, 11) is -4.65. The lowest BCUT2D eigenvalue weighted by molar-refractivity contribution is -0.138. The maximum atomic E-state index is 13.0. The van der Waals surface area contributed by atoms with E-state index in [1.165, 1.54) is 10.7 Å². The third-order valence-electron chi connectivity index (χ3n) is 6.86. The Morgan fingerprint density at radius 2 is 1.88 bits per heavy atom. The van der Waals surface area contributed by atoms with Crippen LogP contribution in [0.25, 0.3) is 0 Å². The van der Waals surface area contributed by atoms with E-state index in [2.05, 4.69) is 15.7 Å². The number of carboxylic acids is 1. The van der Waals surface area contributed by atoms with Crippen molar-refractivity contribution in [3.63, 3.8) is 0 Å². The van der Waals surface area contributed by atoms with Crippen molar-refractivity contribution in [1.29, 1.82) is 0 Å². The lowest BCUT2D eigenvalue weighted by Crippen LogP contribution is -2.52. The van der Waals surface area contributed by atoms with Gasteiger partial charge in [0.15, 0.2) is 5.69 Å². The van der Waals surface area contributed by atoms with Crippen LogP contribution in [0, 0.1) is 5.92 Å². The molecule has 2 aliphatic heterocycles. The van der Waals surface area contributed by atoms with Crippen molar-refractivity contribution in [2.24, 2.45) is 5.92 Å². The van der Waals surface area contributed by atoms with E-state index in [4.69, 9.17) is 4.74 Å². The minimum atomic E-state index is -4.65. The molecule has 0 unspecified atom stereocenters. The van der Waals surface area contributed by atoms with E-state index in [0.29, 0.717) is 31.1 Å². The number of carbonyl (C=O) groups is 4. The number of carboxylic acid groups (broad SMARTS) is 1. The molecule has 0 spiro atoms. The number of fused-ring (bicyclic) bond motifs is 1. The highest BCUT2D eigenvalue weighted by molar-refractivity contribution is 7.88. The van der Waals surface area contributed by atoms with Gasteiger partial charge in [0.2, 0.25) is 0 Å². The Labute approximate surface area is 236 Å². The van der Waals surface area contributed by atoms with Crippen molar-refractivity contribution < 1.29 is 37.4 Å². The van der Waals surface area contributed by atoms with E-state index >= 15 is 0 Å². The molecule has 5 N–H and O–H groups in total. The summed E-state index contributed by atoms with van der Waals surface area (Å²) < 4.78 is 34.2. The monoisotopic (exact) mass is 591 g/mol. The predicted octanol–water partition coefficient (Wildman–Crippen LogP) is -0.328. The van der Waals surface area contributed by atoms with Crippen LogP contribution >= 0.6 is 0 Å².